The van der Waals surface area contributed by atoms with Gasteiger partial charge in [0.25, 0.3) is 5.91 Å². The lowest BCUT2D eigenvalue weighted by Crippen LogP contribution is -2.17. The van der Waals surface area contributed by atoms with Gasteiger partial charge in [-0.2, -0.15) is 0 Å². The standard InChI is InChI=1S/C21H19Cl2NO3S2/c1-2-13-4-6-16(7-5-13)26-8-3-9-27-19-14(10-15(22)12-17(19)23)11-18-20(25)24-21(28)29-18/h4-7,10-12H,2-3,8-9H2,1H3,(H,24,25,28). The van der Waals surface area contributed by atoms with Crippen molar-refractivity contribution in [3.63, 3.8) is 0 Å². The molecule has 0 aromatic heterocycles. The second-order valence-electron chi connectivity index (χ2n) is 6.21. The maximum atomic E-state index is 11.9. The zero-order chi connectivity index (χ0) is 20.8. The molecule has 1 N–H and O–H groups in total. The van der Waals surface area contributed by atoms with Crippen LogP contribution < -0.4 is 14.8 Å². The zero-order valence-electron chi connectivity index (χ0n) is 15.7. The van der Waals surface area contributed by atoms with E-state index in [4.69, 9.17) is 44.9 Å². The SMILES string of the molecule is CCc1ccc(OCCCOc2c(Cl)cc(Cl)cc2C=C2SC(=S)NC2=O)cc1. The molecule has 0 saturated carbocycles. The molecule has 8 heteroatoms. The van der Waals surface area contributed by atoms with Crippen LogP contribution in [0, 0.1) is 0 Å². The molecule has 0 radical (unpaired) electrons. The van der Waals surface area contributed by atoms with Gasteiger partial charge in [-0.25, -0.2) is 0 Å². The smallest absolute Gasteiger partial charge is 0.263 e. The molecule has 0 bridgehead atoms. The molecule has 2 aromatic rings. The van der Waals surface area contributed by atoms with Gasteiger partial charge in [0.2, 0.25) is 0 Å². The van der Waals surface area contributed by atoms with Crippen LogP contribution in [0.2, 0.25) is 10.0 Å². The Hall–Kier alpha value is -1.73. The molecular formula is C21H19Cl2NO3S2. The molecule has 1 heterocycles. The Labute approximate surface area is 189 Å². The molecule has 0 atom stereocenters. The fourth-order valence-corrected chi connectivity index (χ4v) is 4.25. The lowest BCUT2D eigenvalue weighted by Gasteiger charge is -2.13. The maximum Gasteiger partial charge on any atom is 0.263 e. The third-order valence-corrected chi connectivity index (χ3v) is 5.76. The third kappa shape index (κ3) is 6.12. The Balaban J connectivity index is 1.60. The van der Waals surface area contributed by atoms with E-state index in [0.717, 1.165) is 12.2 Å². The molecule has 2 aromatic carbocycles. The van der Waals surface area contributed by atoms with Crippen molar-refractivity contribution in [3.8, 4) is 11.5 Å². The molecule has 1 saturated heterocycles. The van der Waals surface area contributed by atoms with E-state index < -0.39 is 0 Å². The first-order chi connectivity index (χ1) is 14.0. The molecule has 4 nitrogen and oxygen atoms in total. The minimum atomic E-state index is -0.246. The summed E-state index contributed by atoms with van der Waals surface area (Å²) in [7, 11) is 0. The lowest BCUT2D eigenvalue weighted by molar-refractivity contribution is -0.115. The van der Waals surface area contributed by atoms with E-state index in [9.17, 15) is 4.79 Å². The van der Waals surface area contributed by atoms with Gasteiger partial charge in [-0.15, -0.1) is 0 Å². The van der Waals surface area contributed by atoms with Crippen molar-refractivity contribution in [3.05, 3.63) is 62.5 Å². The highest BCUT2D eigenvalue weighted by Crippen LogP contribution is 2.36. The number of nitrogens with one attached hydrogen (secondary N) is 1. The van der Waals surface area contributed by atoms with Crippen LogP contribution in [0.3, 0.4) is 0 Å². The van der Waals surface area contributed by atoms with Crippen molar-refractivity contribution < 1.29 is 14.3 Å². The van der Waals surface area contributed by atoms with Gasteiger partial charge in [0, 0.05) is 17.0 Å². The monoisotopic (exact) mass is 467 g/mol. The Morgan fingerprint density at radius 1 is 1.14 bits per heavy atom. The molecular weight excluding hydrogens is 449 g/mol. The van der Waals surface area contributed by atoms with Crippen molar-refractivity contribution in [1.82, 2.24) is 5.32 Å². The molecule has 29 heavy (non-hydrogen) atoms. The minimum absolute atomic E-state index is 0.246. The number of rotatable bonds is 8. The van der Waals surface area contributed by atoms with Crippen LogP contribution in [0.15, 0.2) is 41.3 Å². The molecule has 1 aliphatic heterocycles. The quantitative estimate of drug-likeness (QED) is 0.297. The van der Waals surface area contributed by atoms with Gasteiger partial charge in [-0.1, -0.05) is 66.2 Å². The third-order valence-electron chi connectivity index (χ3n) is 4.10. The normalized spacial score (nSPS) is 14.9. The van der Waals surface area contributed by atoms with Crippen LogP contribution in [0.25, 0.3) is 6.08 Å². The second-order valence-corrected chi connectivity index (χ2v) is 8.77. The highest BCUT2D eigenvalue weighted by molar-refractivity contribution is 8.26. The van der Waals surface area contributed by atoms with Gasteiger partial charge >= 0.3 is 0 Å². The van der Waals surface area contributed by atoms with Crippen LogP contribution >= 0.6 is 47.2 Å². The van der Waals surface area contributed by atoms with Gasteiger partial charge < -0.3 is 14.8 Å². The number of amides is 1. The molecule has 1 aliphatic rings. The average molecular weight is 468 g/mol. The summed E-state index contributed by atoms with van der Waals surface area (Å²) in [4.78, 5) is 12.4. The Kier molecular flexibility index (Phi) is 7.84. The van der Waals surface area contributed by atoms with Crippen molar-refractivity contribution in [1.29, 1.82) is 0 Å². The number of carbonyl (C=O) groups excluding carboxylic acids is 1. The highest BCUT2D eigenvalue weighted by Gasteiger charge is 2.23. The summed E-state index contributed by atoms with van der Waals surface area (Å²) >= 11 is 18.7. The number of thioether (sulfide) groups is 1. The first-order valence-corrected chi connectivity index (χ1v) is 11.0. The van der Waals surface area contributed by atoms with E-state index in [1.165, 1.54) is 17.3 Å². The van der Waals surface area contributed by atoms with E-state index >= 15 is 0 Å². The predicted octanol–water partition coefficient (Wildman–Crippen LogP) is 5.89. The molecule has 0 spiro atoms. The molecule has 0 unspecified atom stereocenters. The van der Waals surface area contributed by atoms with Crippen LogP contribution in [0.4, 0.5) is 0 Å². The van der Waals surface area contributed by atoms with Crippen LogP contribution in [-0.4, -0.2) is 23.4 Å². The van der Waals surface area contributed by atoms with E-state index in [1.54, 1.807) is 18.2 Å². The number of hydrogen-bond acceptors (Lipinski definition) is 5. The number of hydrogen-bond donors (Lipinski definition) is 1. The van der Waals surface area contributed by atoms with Gasteiger partial charge in [-0.3, -0.25) is 4.79 Å². The van der Waals surface area contributed by atoms with Crippen LogP contribution in [0.1, 0.15) is 24.5 Å². The second kappa shape index (κ2) is 10.3. The summed E-state index contributed by atoms with van der Waals surface area (Å²) in [6.45, 7) is 3.04. The minimum Gasteiger partial charge on any atom is -0.493 e. The largest absolute Gasteiger partial charge is 0.493 e. The number of ether oxygens (including phenoxy) is 2. The molecule has 3 rings (SSSR count). The zero-order valence-corrected chi connectivity index (χ0v) is 18.8. The van der Waals surface area contributed by atoms with Gasteiger partial charge in [0.1, 0.15) is 15.8 Å². The lowest BCUT2D eigenvalue weighted by atomic mass is 10.2. The summed E-state index contributed by atoms with van der Waals surface area (Å²) in [6.07, 6.45) is 3.35. The number of halogens is 2. The number of benzene rings is 2. The summed E-state index contributed by atoms with van der Waals surface area (Å²) in [6, 6.07) is 11.4. The maximum absolute atomic E-state index is 11.9. The number of carbonyl (C=O) groups is 1. The molecule has 0 aliphatic carbocycles. The fraction of sp³-hybridized carbons (Fsp3) is 0.238. The topological polar surface area (TPSA) is 47.6 Å². The van der Waals surface area contributed by atoms with Crippen molar-refractivity contribution in [2.45, 2.75) is 19.8 Å². The fourth-order valence-electron chi connectivity index (χ4n) is 2.65. The first-order valence-electron chi connectivity index (χ1n) is 9.04. The van der Waals surface area contributed by atoms with E-state index in [0.29, 0.717) is 50.2 Å². The van der Waals surface area contributed by atoms with Gasteiger partial charge in [0.15, 0.2) is 0 Å². The Morgan fingerprint density at radius 3 is 2.52 bits per heavy atom. The van der Waals surface area contributed by atoms with E-state index in [-0.39, 0.29) is 5.91 Å². The average Bonchev–Trinajstić information content (AvgIpc) is 3.00. The summed E-state index contributed by atoms with van der Waals surface area (Å²) in [5.74, 6) is 1.06. The first kappa shape index (κ1) is 22.0. The summed E-state index contributed by atoms with van der Waals surface area (Å²) in [5, 5.41) is 3.42. The van der Waals surface area contributed by atoms with Crippen molar-refractivity contribution in [2.24, 2.45) is 0 Å². The van der Waals surface area contributed by atoms with Crippen molar-refractivity contribution >= 4 is 63.5 Å². The molecule has 1 fully saturated rings. The van der Waals surface area contributed by atoms with Gasteiger partial charge in [0.05, 0.1) is 23.1 Å². The highest BCUT2D eigenvalue weighted by atomic mass is 35.5. The van der Waals surface area contributed by atoms with E-state index in [2.05, 4.69) is 24.4 Å². The Morgan fingerprint density at radius 2 is 1.86 bits per heavy atom. The Bertz CT molecular complexity index is 946. The number of thiocarbonyl (C=S) groups is 1. The molecule has 1 amide bonds. The van der Waals surface area contributed by atoms with Gasteiger partial charge in [-0.05, 0) is 42.3 Å². The number of aryl methyl sites for hydroxylation is 1. The van der Waals surface area contributed by atoms with E-state index in [1.807, 2.05) is 12.1 Å². The summed E-state index contributed by atoms with van der Waals surface area (Å²) < 4.78 is 12.0. The summed E-state index contributed by atoms with van der Waals surface area (Å²) in [5.41, 5.74) is 1.90. The van der Waals surface area contributed by atoms with Crippen LogP contribution in [0.5, 0.6) is 11.5 Å². The predicted molar refractivity (Wildman–Crippen MR) is 124 cm³/mol. The van der Waals surface area contributed by atoms with Crippen molar-refractivity contribution in [2.75, 3.05) is 13.2 Å². The van der Waals surface area contributed by atoms with Crippen LogP contribution in [-0.2, 0) is 11.2 Å². The molecule has 152 valence electrons.